The van der Waals surface area contributed by atoms with E-state index in [0.29, 0.717) is 10.7 Å². The molecule has 1 amide bonds. The van der Waals surface area contributed by atoms with Crippen LogP contribution < -0.4 is 16.0 Å². The van der Waals surface area contributed by atoms with Crippen molar-refractivity contribution in [3.8, 4) is 0 Å². The van der Waals surface area contributed by atoms with Crippen molar-refractivity contribution in [2.75, 3.05) is 5.32 Å². The Morgan fingerprint density at radius 3 is 2.62 bits per heavy atom. The lowest BCUT2D eigenvalue weighted by Crippen LogP contribution is -2.45. The van der Waals surface area contributed by atoms with Crippen molar-refractivity contribution in [1.29, 1.82) is 0 Å². The number of carbonyl (C=O) groups is 1. The third-order valence-corrected chi connectivity index (χ3v) is 4.62. The first-order chi connectivity index (χ1) is 11.5. The van der Waals surface area contributed by atoms with Gasteiger partial charge in [0.05, 0.1) is 11.6 Å². The average molecular weight is 449 g/mol. The van der Waals surface area contributed by atoms with Crippen LogP contribution in [0.2, 0.25) is 0 Å². The maximum Gasteiger partial charge on any atom is 0.255 e. The standard InChI is InChI=1S/C18H16IN3OS/c1-11-15(17(23)21-14-8-3-2-4-9-14)16(22-18(24)20-11)12-6-5-7-13(19)10-12/h2-10,16H,1H3,(H,21,23)(H2,20,22,24)/t16-/m1/s1. The number of rotatable bonds is 3. The number of halogens is 1. The van der Waals surface area contributed by atoms with E-state index in [1.54, 1.807) is 0 Å². The molecule has 122 valence electrons. The molecule has 0 saturated carbocycles. The van der Waals surface area contributed by atoms with Crippen molar-refractivity contribution >= 4 is 51.5 Å². The van der Waals surface area contributed by atoms with Crippen LogP contribution in [0, 0.1) is 3.57 Å². The number of anilines is 1. The van der Waals surface area contributed by atoms with Gasteiger partial charge in [-0.25, -0.2) is 0 Å². The highest BCUT2D eigenvalue weighted by molar-refractivity contribution is 14.1. The molecule has 4 nitrogen and oxygen atoms in total. The van der Waals surface area contributed by atoms with Crippen molar-refractivity contribution in [2.24, 2.45) is 0 Å². The number of allylic oxidation sites excluding steroid dienone is 1. The van der Waals surface area contributed by atoms with Crippen molar-refractivity contribution in [3.63, 3.8) is 0 Å². The smallest absolute Gasteiger partial charge is 0.255 e. The Labute approximate surface area is 159 Å². The largest absolute Gasteiger partial charge is 0.351 e. The summed E-state index contributed by atoms with van der Waals surface area (Å²) in [5, 5.41) is 9.72. The third-order valence-electron chi connectivity index (χ3n) is 3.73. The average Bonchev–Trinajstić information content (AvgIpc) is 2.55. The first-order valence-corrected chi connectivity index (χ1v) is 8.93. The van der Waals surface area contributed by atoms with E-state index in [-0.39, 0.29) is 11.9 Å². The van der Waals surface area contributed by atoms with Gasteiger partial charge in [0.15, 0.2) is 5.11 Å². The Hall–Kier alpha value is -1.93. The number of hydrogen-bond acceptors (Lipinski definition) is 2. The van der Waals surface area contributed by atoms with Gasteiger partial charge in [0.25, 0.3) is 5.91 Å². The molecule has 0 aromatic heterocycles. The molecule has 1 aliphatic rings. The van der Waals surface area contributed by atoms with Crippen molar-refractivity contribution in [3.05, 3.63) is 75.0 Å². The molecule has 3 rings (SSSR count). The Bertz CT molecular complexity index is 820. The number of carbonyl (C=O) groups excluding carboxylic acids is 1. The Balaban J connectivity index is 1.96. The Morgan fingerprint density at radius 2 is 1.92 bits per heavy atom. The van der Waals surface area contributed by atoms with E-state index in [2.05, 4.69) is 44.6 Å². The highest BCUT2D eigenvalue weighted by Crippen LogP contribution is 2.28. The number of benzene rings is 2. The van der Waals surface area contributed by atoms with Crippen molar-refractivity contribution in [2.45, 2.75) is 13.0 Å². The fourth-order valence-corrected chi connectivity index (χ4v) is 3.49. The fourth-order valence-electron chi connectivity index (χ4n) is 2.65. The molecule has 0 bridgehead atoms. The van der Waals surface area contributed by atoms with Gasteiger partial charge in [0.2, 0.25) is 0 Å². The lowest BCUT2D eigenvalue weighted by molar-refractivity contribution is -0.113. The van der Waals surface area contributed by atoms with Gasteiger partial charge < -0.3 is 16.0 Å². The molecular weight excluding hydrogens is 433 g/mol. The van der Waals surface area contributed by atoms with Crippen LogP contribution in [0.4, 0.5) is 5.69 Å². The maximum atomic E-state index is 12.9. The van der Waals surface area contributed by atoms with E-state index in [1.165, 1.54) is 0 Å². The van der Waals surface area contributed by atoms with Gasteiger partial charge >= 0.3 is 0 Å². The topological polar surface area (TPSA) is 53.2 Å². The molecule has 0 radical (unpaired) electrons. The molecule has 2 aromatic carbocycles. The lowest BCUT2D eigenvalue weighted by atomic mass is 9.95. The van der Waals surface area contributed by atoms with Gasteiger partial charge in [0.1, 0.15) is 0 Å². The van der Waals surface area contributed by atoms with E-state index < -0.39 is 0 Å². The second-order valence-corrected chi connectivity index (χ2v) is 7.10. The van der Waals surface area contributed by atoms with Gasteiger partial charge in [-0.05, 0) is 71.6 Å². The van der Waals surface area contributed by atoms with Crippen LogP contribution in [0.3, 0.4) is 0 Å². The van der Waals surface area contributed by atoms with Gasteiger partial charge in [-0.2, -0.15) is 0 Å². The monoisotopic (exact) mass is 449 g/mol. The predicted octanol–water partition coefficient (Wildman–Crippen LogP) is 3.72. The number of hydrogen-bond donors (Lipinski definition) is 3. The molecular formula is C18H16IN3OS. The highest BCUT2D eigenvalue weighted by atomic mass is 127. The van der Waals surface area contributed by atoms with Crippen LogP contribution in [-0.4, -0.2) is 11.0 Å². The second-order valence-electron chi connectivity index (χ2n) is 5.45. The molecule has 0 aliphatic carbocycles. The quantitative estimate of drug-likeness (QED) is 0.494. The molecule has 3 N–H and O–H groups in total. The zero-order valence-corrected chi connectivity index (χ0v) is 15.9. The second kappa shape index (κ2) is 7.31. The van der Waals surface area contributed by atoms with Crippen molar-refractivity contribution < 1.29 is 4.79 Å². The molecule has 2 aromatic rings. The van der Waals surface area contributed by atoms with Crippen LogP contribution in [0.15, 0.2) is 65.9 Å². The Morgan fingerprint density at radius 1 is 1.17 bits per heavy atom. The van der Waals surface area contributed by atoms with E-state index in [4.69, 9.17) is 12.2 Å². The third kappa shape index (κ3) is 3.76. The van der Waals surface area contributed by atoms with Crippen molar-refractivity contribution in [1.82, 2.24) is 10.6 Å². The summed E-state index contributed by atoms with van der Waals surface area (Å²) in [6.45, 7) is 1.87. The van der Waals surface area contributed by atoms with Gasteiger partial charge in [-0.15, -0.1) is 0 Å². The summed E-state index contributed by atoms with van der Waals surface area (Å²) in [6, 6.07) is 17.2. The minimum atomic E-state index is -0.280. The minimum absolute atomic E-state index is 0.148. The highest BCUT2D eigenvalue weighted by Gasteiger charge is 2.29. The first kappa shape index (κ1) is 16.9. The molecule has 0 saturated heterocycles. The van der Waals surface area contributed by atoms with Crippen LogP contribution >= 0.6 is 34.8 Å². The molecule has 6 heteroatoms. The van der Waals surface area contributed by atoms with E-state index in [0.717, 1.165) is 20.5 Å². The zero-order valence-electron chi connectivity index (χ0n) is 13.0. The Kier molecular flexibility index (Phi) is 5.15. The molecule has 0 spiro atoms. The van der Waals surface area contributed by atoms with Gasteiger partial charge in [0, 0.05) is 15.0 Å². The van der Waals surface area contributed by atoms with E-state index in [9.17, 15) is 4.79 Å². The summed E-state index contributed by atoms with van der Waals surface area (Å²) in [5.41, 5.74) is 3.16. The predicted molar refractivity (Wildman–Crippen MR) is 109 cm³/mol. The normalized spacial score (nSPS) is 17.1. The van der Waals surface area contributed by atoms with E-state index >= 15 is 0 Å². The molecule has 0 fully saturated rings. The molecule has 1 aliphatic heterocycles. The van der Waals surface area contributed by atoms with Crippen LogP contribution in [-0.2, 0) is 4.79 Å². The molecule has 1 atom stereocenters. The van der Waals surface area contributed by atoms with Gasteiger partial charge in [-0.1, -0.05) is 30.3 Å². The SMILES string of the molecule is CC1=C(C(=O)Nc2ccccc2)[C@@H](c2cccc(I)c2)NC(=S)N1. The lowest BCUT2D eigenvalue weighted by Gasteiger charge is -2.30. The van der Waals surface area contributed by atoms with Crippen LogP contribution in [0.5, 0.6) is 0 Å². The summed E-state index contributed by atoms with van der Waals surface area (Å²) in [4.78, 5) is 12.9. The summed E-state index contributed by atoms with van der Waals surface area (Å²) in [6.07, 6.45) is 0. The van der Waals surface area contributed by atoms with Crippen LogP contribution in [0.25, 0.3) is 0 Å². The number of para-hydroxylation sites is 1. The summed E-state index contributed by atoms with van der Waals surface area (Å²) in [5.74, 6) is -0.148. The first-order valence-electron chi connectivity index (χ1n) is 7.45. The summed E-state index contributed by atoms with van der Waals surface area (Å²) in [7, 11) is 0. The molecule has 24 heavy (non-hydrogen) atoms. The minimum Gasteiger partial charge on any atom is -0.351 e. The van der Waals surface area contributed by atoms with E-state index in [1.807, 2.05) is 55.5 Å². The maximum absolute atomic E-state index is 12.9. The summed E-state index contributed by atoms with van der Waals surface area (Å²) < 4.78 is 1.11. The zero-order chi connectivity index (χ0) is 17.1. The molecule has 0 unspecified atom stereocenters. The number of nitrogens with one attached hydrogen (secondary N) is 3. The van der Waals surface area contributed by atoms with Crippen LogP contribution in [0.1, 0.15) is 18.5 Å². The van der Waals surface area contributed by atoms with Gasteiger partial charge in [-0.3, -0.25) is 4.79 Å². The molecule has 1 heterocycles. The summed E-state index contributed by atoms with van der Waals surface area (Å²) >= 11 is 7.53. The number of amides is 1. The number of thiocarbonyl (C=S) groups is 1. The fraction of sp³-hybridized carbons (Fsp3) is 0.111.